The van der Waals surface area contributed by atoms with Gasteiger partial charge in [0.05, 0.1) is 6.04 Å². The van der Waals surface area contributed by atoms with Crippen molar-refractivity contribution in [3.05, 3.63) is 29.3 Å². The van der Waals surface area contributed by atoms with Crippen LogP contribution in [0.2, 0.25) is 5.02 Å². The third-order valence-corrected chi connectivity index (χ3v) is 3.64. The van der Waals surface area contributed by atoms with Crippen molar-refractivity contribution in [1.29, 1.82) is 0 Å². The predicted molar refractivity (Wildman–Crippen MR) is 87.4 cm³/mol. The molecule has 124 valence electrons. The Morgan fingerprint density at radius 2 is 1.87 bits per heavy atom. The van der Waals surface area contributed by atoms with E-state index in [2.05, 4.69) is 16.0 Å². The number of hydrogen-bond acceptors (Lipinski definition) is 3. The van der Waals surface area contributed by atoms with E-state index >= 15 is 0 Å². The number of halogens is 1. The lowest BCUT2D eigenvalue weighted by molar-refractivity contribution is -0.119. The van der Waals surface area contributed by atoms with E-state index in [4.69, 9.17) is 11.6 Å². The fraction of sp³-hybridized carbons (Fsp3) is 0.400. The Kier molecular flexibility index (Phi) is 5.81. The standard InChI is InChI=1S/C15H19ClN4O3/c1-10(21)17-6-7-18-15(23)19-12-8-14(22)20(9-12)13-4-2-11(16)3-5-13/h2-5,12H,6-9H2,1H3,(H,17,21)(H2,18,19,23)/t12-/m1/s1. The van der Waals surface area contributed by atoms with Gasteiger partial charge < -0.3 is 20.9 Å². The minimum Gasteiger partial charge on any atom is -0.355 e. The fourth-order valence-electron chi connectivity index (χ4n) is 2.33. The Morgan fingerprint density at radius 1 is 1.22 bits per heavy atom. The normalized spacial score (nSPS) is 17.0. The molecule has 1 saturated heterocycles. The minimum atomic E-state index is -0.355. The largest absolute Gasteiger partial charge is 0.355 e. The number of anilines is 1. The van der Waals surface area contributed by atoms with Gasteiger partial charge in [0.1, 0.15) is 0 Å². The van der Waals surface area contributed by atoms with Crippen molar-refractivity contribution in [2.75, 3.05) is 24.5 Å². The summed E-state index contributed by atoms with van der Waals surface area (Å²) in [7, 11) is 0. The van der Waals surface area contributed by atoms with Crippen molar-refractivity contribution in [3.63, 3.8) is 0 Å². The number of rotatable bonds is 5. The van der Waals surface area contributed by atoms with Crippen LogP contribution in [0.25, 0.3) is 0 Å². The number of carbonyl (C=O) groups excluding carboxylic acids is 3. The molecule has 3 N–H and O–H groups in total. The summed E-state index contributed by atoms with van der Waals surface area (Å²) in [5, 5.41) is 8.57. The second-order valence-corrected chi connectivity index (χ2v) is 5.70. The number of benzene rings is 1. The zero-order chi connectivity index (χ0) is 16.8. The first-order chi connectivity index (χ1) is 11.0. The summed E-state index contributed by atoms with van der Waals surface area (Å²) in [5.74, 6) is -0.192. The molecule has 0 radical (unpaired) electrons. The summed E-state index contributed by atoms with van der Waals surface area (Å²) in [5.41, 5.74) is 0.759. The van der Waals surface area contributed by atoms with E-state index in [9.17, 15) is 14.4 Å². The van der Waals surface area contributed by atoms with E-state index in [0.29, 0.717) is 24.7 Å². The third-order valence-electron chi connectivity index (χ3n) is 3.38. The predicted octanol–water partition coefficient (Wildman–Crippen LogP) is 0.881. The lowest BCUT2D eigenvalue weighted by atomic mass is 10.2. The molecule has 2 rings (SSSR count). The Hall–Kier alpha value is -2.28. The number of carbonyl (C=O) groups is 3. The first-order valence-electron chi connectivity index (χ1n) is 7.30. The van der Waals surface area contributed by atoms with Gasteiger partial charge in [-0.25, -0.2) is 4.79 Å². The number of amides is 4. The van der Waals surface area contributed by atoms with Crippen LogP contribution >= 0.6 is 11.6 Å². The second-order valence-electron chi connectivity index (χ2n) is 5.27. The lowest BCUT2D eigenvalue weighted by Gasteiger charge is -2.17. The summed E-state index contributed by atoms with van der Waals surface area (Å²) >= 11 is 5.84. The van der Waals surface area contributed by atoms with Crippen LogP contribution in [0.3, 0.4) is 0 Å². The maximum atomic E-state index is 12.1. The Balaban J connectivity index is 1.79. The van der Waals surface area contributed by atoms with Gasteiger partial charge in [-0.05, 0) is 24.3 Å². The van der Waals surface area contributed by atoms with Gasteiger partial charge in [0, 0.05) is 43.7 Å². The second kappa shape index (κ2) is 7.82. The maximum Gasteiger partial charge on any atom is 0.315 e. The highest BCUT2D eigenvalue weighted by Crippen LogP contribution is 2.23. The van der Waals surface area contributed by atoms with Crippen molar-refractivity contribution in [2.45, 2.75) is 19.4 Å². The summed E-state index contributed by atoms with van der Waals surface area (Å²) < 4.78 is 0. The smallest absolute Gasteiger partial charge is 0.315 e. The first-order valence-corrected chi connectivity index (χ1v) is 7.68. The highest BCUT2D eigenvalue weighted by Gasteiger charge is 2.31. The van der Waals surface area contributed by atoms with E-state index in [1.807, 2.05) is 0 Å². The van der Waals surface area contributed by atoms with Gasteiger partial charge in [-0.2, -0.15) is 0 Å². The monoisotopic (exact) mass is 338 g/mol. The average Bonchev–Trinajstić information content (AvgIpc) is 2.85. The van der Waals surface area contributed by atoms with Crippen molar-refractivity contribution in [1.82, 2.24) is 16.0 Å². The molecule has 0 bridgehead atoms. The minimum absolute atomic E-state index is 0.0455. The maximum absolute atomic E-state index is 12.1. The highest BCUT2D eigenvalue weighted by atomic mass is 35.5. The van der Waals surface area contributed by atoms with Gasteiger partial charge >= 0.3 is 6.03 Å². The summed E-state index contributed by atoms with van der Waals surface area (Å²) in [6.07, 6.45) is 0.252. The van der Waals surface area contributed by atoms with Crippen LogP contribution in [0.5, 0.6) is 0 Å². The summed E-state index contributed by atoms with van der Waals surface area (Å²) in [4.78, 5) is 36.1. The van der Waals surface area contributed by atoms with Crippen LogP contribution in [0.15, 0.2) is 24.3 Å². The van der Waals surface area contributed by atoms with Crippen LogP contribution in [0.4, 0.5) is 10.5 Å². The zero-order valence-electron chi connectivity index (χ0n) is 12.8. The van der Waals surface area contributed by atoms with Gasteiger partial charge in [-0.1, -0.05) is 11.6 Å². The van der Waals surface area contributed by atoms with Crippen LogP contribution in [0.1, 0.15) is 13.3 Å². The van der Waals surface area contributed by atoms with E-state index in [-0.39, 0.29) is 30.3 Å². The summed E-state index contributed by atoms with van der Waals surface area (Å²) in [6.45, 7) is 2.52. The fourth-order valence-corrected chi connectivity index (χ4v) is 2.45. The molecule has 1 aromatic carbocycles. The third kappa shape index (κ3) is 5.14. The van der Waals surface area contributed by atoms with Gasteiger partial charge in [0.25, 0.3) is 0 Å². The molecular formula is C15H19ClN4O3. The molecule has 1 atom stereocenters. The number of nitrogens with zero attached hydrogens (tertiary/aromatic N) is 1. The summed E-state index contributed by atoms with van der Waals surface area (Å²) in [6, 6.07) is 6.39. The van der Waals surface area contributed by atoms with Crippen molar-refractivity contribution in [2.24, 2.45) is 0 Å². The van der Waals surface area contributed by atoms with Crippen LogP contribution in [-0.2, 0) is 9.59 Å². The van der Waals surface area contributed by atoms with Crippen molar-refractivity contribution in [3.8, 4) is 0 Å². The molecule has 8 heteroatoms. The molecule has 0 aliphatic carbocycles. The van der Waals surface area contributed by atoms with Crippen LogP contribution < -0.4 is 20.9 Å². The average molecular weight is 339 g/mol. The van der Waals surface area contributed by atoms with Gasteiger partial charge in [0.15, 0.2) is 0 Å². The van der Waals surface area contributed by atoms with Crippen LogP contribution in [0, 0.1) is 0 Å². The van der Waals surface area contributed by atoms with Crippen molar-refractivity contribution >= 4 is 35.1 Å². The molecule has 1 aliphatic rings. The quantitative estimate of drug-likeness (QED) is 0.696. The first kappa shape index (κ1) is 17.1. The molecule has 1 fully saturated rings. The van der Waals surface area contributed by atoms with Gasteiger partial charge in [-0.3, -0.25) is 9.59 Å². The highest BCUT2D eigenvalue weighted by molar-refractivity contribution is 6.30. The molecule has 7 nitrogen and oxygen atoms in total. The van der Waals surface area contributed by atoms with Crippen molar-refractivity contribution < 1.29 is 14.4 Å². The molecule has 0 unspecified atom stereocenters. The Morgan fingerprint density at radius 3 is 2.52 bits per heavy atom. The van der Waals surface area contributed by atoms with Gasteiger partial charge in [0.2, 0.25) is 11.8 Å². The van der Waals surface area contributed by atoms with E-state index in [0.717, 1.165) is 5.69 Å². The molecule has 23 heavy (non-hydrogen) atoms. The molecule has 1 aromatic rings. The van der Waals surface area contributed by atoms with E-state index < -0.39 is 0 Å². The molecule has 0 spiro atoms. The number of urea groups is 1. The molecule has 0 saturated carbocycles. The molecule has 1 heterocycles. The van der Waals surface area contributed by atoms with Crippen LogP contribution in [-0.4, -0.2) is 43.5 Å². The van der Waals surface area contributed by atoms with E-state index in [1.54, 1.807) is 29.2 Å². The number of hydrogen-bond donors (Lipinski definition) is 3. The lowest BCUT2D eigenvalue weighted by Crippen LogP contribution is -2.45. The SMILES string of the molecule is CC(=O)NCCNC(=O)N[C@@H]1CC(=O)N(c2ccc(Cl)cc2)C1. The Bertz CT molecular complexity index is 591. The molecule has 4 amide bonds. The molecule has 1 aliphatic heterocycles. The number of nitrogens with one attached hydrogen (secondary N) is 3. The van der Waals surface area contributed by atoms with E-state index in [1.165, 1.54) is 6.92 Å². The zero-order valence-corrected chi connectivity index (χ0v) is 13.5. The topological polar surface area (TPSA) is 90.5 Å². The Labute approximate surface area is 139 Å². The molecular weight excluding hydrogens is 320 g/mol. The van der Waals surface area contributed by atoms with Gasteiger partial charge in [-0.15, -0.1) is 0 Å². The molecule has 0 aromatic heterocycles.